The number of alkyl halides is 1. The van der Waals surface area contributed by atoms with E-state index in [2.05, 4.69) is 16.0 Å². The number of aromatic amines is 1. The lowest BCUT2D eigenvalue weighted by Gasteiger charge is -1.98. The topological polar surface area (TPSA) is 52.5 Å². The molecular formula is C12H11Cl2N3. The molecule has 0 unspecified atom stereocenters. The van der Waals surface area contributed by atoms with E-state index in [1.54, 1.807) is 18.3 Å². The standard InChI is InChI=1S/C12H10ClN3.ClH/c13-6-11-8-15-12(16-11)5-9-1-3-10(7-14)4-2-9;/h1-4,8H,5-6H2,(H,15,16);1H. The van der Waals surface area contributed by atoms with Crippen molar-refractivity contribution in [3.63, 3.8) is 0 Å². The number of hydrogen-bond donors (Lipinski definition) is 1. The van der Waals surface area contributed by atoms with Gasteiger partial charge in [-0.05, 0) is 17.7 Å². The number of nitrogens with one attached hydrogen (secondary N) is 1. The second kappa shape index (κ2) is 6.29. The Labute approximate surface area is 111 Å². The zero-order chi connectivity index (χ0) is 11.4. The van der Waals surface area contributed by atoms with Gasteiger partial charge in [0.2, 0.25) is 0 Å². The van der Waals surface area contributed by atoms with Crippen molar-refractivity contribution < 1.29 is 0 Å². The molecule has 0 aliphatic rings. The molecule has 1 aromatic heterocycles. The van der Waals surface area contributed by atoms with Gasteiger partial charge in [0.15, 0.2) is 0 Å². The first-order valence-electron chi connectivity index (χ1n) is 4.89. The largest absolute Gasteiger partial charge is 0.345 e. The van der Waals surface area contributed by atoms with Crippen LogP contribution >= 0.6 is 24.0 Å². The van der Waals surface area contributed by atoms with Crippen molar-refractivity contribution in [1.82, 2.24) is 9.97 Å². The summed E-state index contributed by atoms with van der Waals surface area (Å²) in [6, 6.07) is 9.57. The van der Waals surface area contributed by atoms with Gasteiger partial charge >= 0.3 is 0 Å². The fourth-order valence-corrected chi connectivity index (χ4v) is 1.59. The molecule has 1 heterocycles. The fourth-order valence-electron chi connectivity index (χ4n) is 1.45. The summed E-state index contributed by atoms with van der Waals surface area (Å²) in [4.78, 5) is 7.35. The Morgan fingerprint density at radius 2 is 2.00 bits per heavy atom. The highest BCUT2D eigenvalue weighted by atomic mass is 35.5. The molecule has 17 heavy (non-hydrogen) atoms. The van der Waals surface area contributed by atoms with E-state index in [0.717, 1.165) is 23.5 Å². The average molecular weight is 268 g/mol. The third kappa shape index (κ3) is 3.48. The number of hydrogen-bond acceptors (Lipinski definition) is 2. The molecule has 0 amide bonds. The van der Waals surface area contributed by atoms with E-state index in [9.17, 15) is 0 Å². The van der Waals surface area contributed by atoms with Gasteiger partial charge in [-0.25, -0.2) is 4.98 Å². The van der Waals surface area contributed by atoms with E-state index < -0.39 is 0 Å². The molecule has 0 bridgehead atoms. The predicted octanol–water partition coefficient (Wildman–Crippen LogP) is 3.03. The Balaban J connectivity index is 0.00000144. The zero-order valence-electron chi connectivity index (χ0n) is 8.98. The molecule has 0 fully saturated rings. The van der Waals surface area contributed by atoms with Crippen LogP contribution in [-0.4, -0.2) is 9.97 Å². The van der Waals surface area contributed by atoms with Crippen LogP contribution in [0.4, 0.5) is 0 Å². The van der Waals surface area contributed by atoms with Crippen LogP contribution < -0.4 is 0 Å². The van der Waals surface area contributed by atoms with Gasteiger partial charge in [0.25, 0.3) is 0 Å². The Bertz CT molecular complexity index is 511. The minimum absolute atomic E-state index is 0. The third-order valence-corrected chi connectivity index (χ3v) is 2.57. The predicted molar refractivity (Wildman–Crippen MR) is 69.4 cm³/mol. The number of imidazole rings is 1. The van der Waals surface area contributed by atoms with Gasteiger partial charge in [0.05, 0.1) is 17.5 Å². The molecule has 0 aliphatic carbocycles. The highest BCUT2D eigenvalue weighted by Gasteiger charge is 2.01. The number of halogens is 2. The zero-order valence-corrected chi connectivity index (χ0v) is 10.6. The van der Waals surface area contributed by atoms with Gasteiger partial charge < -0.3 is 4.98 Å². The fraction of sp³-hybridized carbons (Fsp3) is 0.167. The van der Waals surface area contributed by atoms with E-state index in [4.69, 9.17) is 16.9 Å². The van der Waals surface area contributed by atoms with Crippen LogP contribution in [0.25, 0.3) is 0 Å². The van der Waals surface area contributed by atoms with Crippen molar-refractivity contribution >= 4 is 24.0 Å². The summed E-state index contributed by atoms with van der Waals surface area (Å²) >= 11 is 5.68. The van der Waals surface area contributed by atoms with Crippen molar-refractivity contribution in [3.05, 3.63) is 53.1 Å². The van der Waals surface area contributed by atoms with Crippen molar-refractivity contribution in [2.45, 2.75) is 12.3 Å². The van der Waals surface area contributed by atoms with E-state index in [0.29, 0.717) is 11.4 Å². The lowest BCUT2D eigenvalue weighted by molar-refractivity contribution is 1.01. The Morgan fingerprint density at radius 3 is 2.53 bits per heavy atom. The summed E-state index contributed by atoms with van der Waals surface area (Å²) in [6.07, 6.45) is 2.47. The quantitative estimate of drug-likeness (QED) is 0.870. The van der Waals surface area contributed by atoms with Crippen LogP contribution in [0.15, 0.2) is 30.5 Å². The summed E-state index contributed by atoms with van der Waals surface area (Å²) in [5, 5.41) is 8.67. The van der Waals surface area contributed by atoms with Crippen LogP contribution in [0.5, 0.6) is 0 Å². The van der Waals surface area contributed by atoms with Gasteiger partial charge in [0, 0.05) is 18.3 Å². The second-order valence-electron chi connectivity index (χ2n) is 3.47. The SMILES string of the molecule is Cl.N#Cc1ccc(Cc2ncc(CCl)[nH]2)cc1. The molecule has 1 N–H and O–H groups in total. The normalized spacial score (nSPS) is 9.41. The summed E-state index contributed by atoms with van der Waals surface area (Å²) < 4.78 is 0. The number of H-pyrrole nitrogens is 1. The summed E-state index contributed by atoms with van der Waals surface area (Å²) in [6.45, 7) is 0. The van der Waals surface area contributed by atoms with Crippen molar-refractivity contribution in [2.24, 2.45) is 0 Å². The molecule has 0 aliphatic heterocycles. The molecule has 5 heteroatoms. The maximum atomic E-state index is 8.67. The first kappa shape index (κ1) is 13.6. The summed E-state index contributed by atoms with van der Waals surface area (Å²) in [5.41, 5.74) is 2.71. The maximum absolute atomic E-state index is 8.67. The molecule has 0 atom stereocenters. The Morgan fingerprint density at radius 1 is 1.29 bits per heavy atom. The molecule has 2 rings (SSSR count). The summed E-state index contributed by atoms with van der Waals surface area (Å²) in [5.74, 6) is 1.33. The van der Waals surface area contributed by atoms with Crippen LogP contribution in [-0.2, 0) is 12.3 Å². The van der Waals surface area contributed by atoms with Gasteiger partial charge in [-0.15, -0.1) is 24.0 Å². The van der Waals surface area contributed by atoms with Gasteiger partial charge in [0.1, 0.15) is 5.82 Å². The molecule has 0 saturated carbocycles. The number of nitriles is 1. The summed E-state index contributed by atoms with van der Waals surface area (Å²) in [7, 11) is 0. The molecule has 3 nitrogen and oxygen atoms in total. The highest BCUT2D eigenvalue weighted by Crippen LogP contribution is 2.09. The molecular weight excluding hydrogens is 257 g/mol. The minimum atomic E-state index is 0. The van der Waals surface area contributed by atoms with E-state index in [1.807, 2.05) is 12.1 Å². The van der Waals surface area contributed by atoms with Crippen LogP contribution in [0.2, 0.25) is 0 Å². The van der Waals surface area contributed by atoms with Crippen molar-refractivity contribution in [2.75, 3.05) is 0 Å². The van der Waals surface area contributed by atoms with E-state index >= 15 is 0 Å². The molecule has 0 radical (unpaired) electrons. The number of rotatable bonds is 3. The first-order valence-corrected chi connectivity index (χ1v) is 5.43. The Hall–Kier alpha value is -1.50. The molecule has 1 aromatic carbocycles. The molecule has 2 aromatic rings. The van der Waals surface area contributed by atoms with E-state index in [1.165, 1.54) is 0 Å². The Kier molecular flexibility index (Phi) is 5.02. The molecule has 88 valence electrons. The van der Waals surface area contributed by atoms with Gasteiger partial charge in [-0.1, -0.05) is 12.1 Å². The van der Waals surface area contributed by atoms with Gasteiger partial charge in [-0.2, -0.15) is 5.26 Å². The average Bonchev–Trinajstić information content (AvgIpc) is 2.78. The first-order chi connectivity index (χ1) is 7.81. The molecule has 0 saturated heterocycles. The lowest BCUT2D eigenvalue weighted by Crippen LogP contribution is -1.91. The smallest absolute Gasteiger partial charge is 0.110 e. The second-order valence-corrected chi connectivity index (χ2v) is 3.74. The molecule has 0 spiro atoms. The number of nitrogens with zero attached hydrogens (tertiary/aromatic N) is 2. The van der Waals surface area contributed by atoms with Gasteiger partial charge in [-0.3, -0.25) is 0 Å². The van der Waals surface area contributed by atoms with Crippen LogP contribution in [0.3, 0.4) is 0 Å². The highest BCUT2D eigenvalue weighted by molar-refractivity contribution is 6.16. The monoisotopic (exact) mass is 267 g/mol. The minimum Gasteiger partial charge on any atom is -0.345 e. The maximum Gasteiger partial charge on any atom is 0.110 e. The lowest BCUT2D eigenvalue weighted by atomic mass is 10.1. The van der Waals surface area contributed by atoms with Crippen LogP contribution in [0.1, 0.15) is 22.6 Å². The van der Waals surface area contributed by atoms with Crippen LogP contribution in [0, 0.1) is 11.3 Å². The van der Waals surface area contributed by atoms with Crippen molar-refractivity contribution in [1.29, 1.82) is 5.26 Å². The number of benzene rings is 1. The van der Waals surface area contributed by atoms with Crippen molar-refractivity contribution in [3.8, 4) is 6.07 Å². The third-order valence-electron chi connectivity index (χ3n) is 2.28. The number of aromatic nitrogens is 2. The van der Waals surface area contributed by atoms with E-state index in [-0.39, 0.29) is 12.4 Å².